The average molecular weight is 327 g/mol. The van der Waals surface area contributed by atoms with Crippen molar-refractivity contribution in [1.82, 2.24) is 20.1 Å². The van der Waals surface area contributed by atoms with Crippen molar-refractivity contribution in [2.75, 3.05) is 68.5 Å². The summed E-state index contributed by atoms with van der Waals surface area (Å²) in [5, 5.41) is 11.6. The maximum absolute atomic E-state index is 4.60. The number of nitrogens with zero attached hydrogens (tertiary/aromatic N) is 6. The Kier molecular flexibility index (Phi) is 5.43. The molecule has 0 unspecified atom stereocenters. The predicted octanol–water partition coefficient (Wildman–Crippen LogP) is 1.17. The zero-order chi connectivity index (χ0) is 16.8. The second-order valence-electron chi connectivity index (χ2n) is 6.18. The first-order valence-electron chi connectivity index (χ1n) is 8.35. The Morgan fingerprint density at radius 1 is 1.04 bits per heavy atom. The number of piperazine rings is 1. The topological polar surface area (TPSA) is 60.4 Å². The lowest BCUT2D eigenvalue weighted by Gasteiger charge is -2.35. The van der Waals surface area contributed by atoms with Gasteiger partial charge in [-0.3, -0.25) is 0 Å². The molecule has 0 amide bonds. The zero-order valence-corrected chi connectivity index (χ0v) is 14.4. The first-order chi connectivity index (χ1) is 11.7. The lowest BCUT2D eigenvalue weighted by atomic mass is 10.2. The van der Waals surface area contributed by atoms with Crippen LogP contribution in [0.5, 0.6) is 0 Å². The number of benzene rings is 1. The van der Waals surface area contributed by atoms with Crippen molar-refractivity contribution >= 4 is 17.5 Å². The molecule has 1 aliphatic heterocycles. The van der Waals surface area contributed by atoms with E-state index in [0.29, 0.717) is 5.95 Å². The monoisotopic (exact) mass is 327 g/mol. The molecule has 1 aliphatic rings. The molecule has 1 fully saturated rings. The molecule has 1 aromatic carbocycles. The van der Waals surface area contributed by atoms with Crippen LogP contribution in [0.15, 0.2) is 36.5 Å². The summed E-state index contributed by atoms with van der Waals surface area (Å²) < 4.78 is 0. The number of hydrogen-bond acceptors (Lipinski definition) is 7. The van der Waals surface area contributed by atoms with Crippen molar-refractivity contribution in [3.63, 3.8) is 0 Å². The van der Waals surface area contributed by atoms with E-state index < -0.39 is 0 Å². The van der Waals surface area contributed by atoms with Crippen molar-refractivity contribution in [3.05, 3.63) is 36.5 Å². The molecule has 24 heavy (non-hydrogen) atoms. The summed E-state index contributed by atoms with van der Waals surface area (Å²) in [7, 11) is 4.11. The molecule has 0 bridgehead atoms. The predicted molar refractivity (Wildman–Crippen MR) is 97.7 cm³/mol. The van der Waals surface area contributed by atoms with Crippen molar-refractivity contribution < 1.29 is 0 Å². The summed E-state index contributed by atoms with van der Waals surface area (Å²) >= 11 is 0. The fourth-order valence-electron chi connectivity index (χ4n) is 2.72. The quantitative estimate of drug-likeness (QED) is 0.854. The molecule has 1 aromatic heterocycles. The van der Waals surface area contributed by atoms with E-state index in [4.69, 9.17) is 0 Å². The van der Waals surface area contributed by atoms with Crippen LogP contribution < -0.4 is 15.1 Å². The largest absolute Gasteiger partial charge is 0.368 e. The van der Waals surface area contributed by atoms with Crippen LogP contribution in [0.3, 0.4) is 0 Å². The van der Waals surface area contributed by atoms with Crippen LogP contribution in [-0.2, 0) is 0 Å². The minimum absolute atomic E-state index is 0.706. The third-order valence-electron chi connectivity index (χ3n) is 4.10. The molecule has 7 heteroatoms. The highest BCUT2D eigenvalue weighted by Gasteiger charge is 2.19. The molecule has 7 nitrogen and oxygen atoms in total. The lowest BCUT2D eigenvalue weighted by molar-refractivity contribution is 0.425. The molecule has 1 N–H and O–H groups in total. The number of likely N-dealkylation sites (N-methyl/N-ethyl adjacent to an activating group) is 1. The van der Waals surface area contributed by atoms with E-state index in [9.17, 15) is 0 Å². The van der Waals surface area contributed by atoms with Crippen LogP contribution in [0.4, 0.5) is 17.5 Å². The van der Waals surface area contributed by atoms with Crippen molar-refractivity contribution in [1.29, 1.82) is 0 Å². The Morgan fingerprint density at radius 3 is 2.46 bits per heavy atom. The first-order valence-corrected chi connectivity index (χ1v) is 8.35. The standard InChI is InChI=1S/C17H25N7/c1-22(2)9-8-18-16-14-19-21-17(20-16)24-12-10-23(11-13-24)15-6-4-3-5-7-15/h3-7,14H,8-13H2,1-2H3,(H,18,20,21). The van der Waals surface area contributed by atoms with Gasteiger partial charge >= 0.3 is 0 Å². The summed E-state index contributed by atoms with van der Waals surface area (Å²) in [6, 6.07) is 10.5. The smallest absolute Gasteiger partial charge is 0.247 e. The van der Waals surface area contributed by atoms with E-state index in [0.717, 1.165) is 45.1 Å². The van der Waals surface area contributed by atoms with Gasteiger partial charge in [-0.2, -0.15) is 10.1 Å². The maximum atomic E-state index is 4.60. The Morgan fingerprint density at radius 2 is 1.75 bits per heavy atom. The molecule has 0 spiro atoms. The van der Waals surface area contributed by atoms with Crippen LogP contribution in [0.25, 0.3) is 0 Å². The lowest BCUT2D eigenvalue weighted by Crippen LogP contribution is -2.47. The van der Waals surface area contributed by atoms with Gasteiger partial charge in [0.1, 0.15) is 0 Å². The summed E-state index contributed by atoms with van der Waals surface area (Å²) in [4.78, 5) is 11.3. The number of anilines is 3. The van der Waals surface area contributed by atoms with Gasteiger partial charge in [0.15, 0.2) is 5.82 Å². The van der Waals surface area contributed by atoms with Gasteiger partial charge in [0.2, 0.25) is 5.95 Å². The molecule has 1 saturated heterocycles. The molecule has 0 atom stereocenters. The van der Waals surface area contributed by atoms with Crippen LogP contribution in [0.2, 0.25) is 0 Å². The molecular weight excluding hydrogens is 302 g/mol. The van der Waals surface area contributed by atoms with Gasteiger partial charge in [0.25, 0.3) is 0 Å². The SMILES string of the molecule is CN(C)CCNc1cnnc(N2CCN(c3ccccc3)CC2)n1. The maximum Gasteiger partial charge on any atom is 0.247 e. The first kappa shape index (κ1) is 16.4. The minimum Gasteiger partial charge on any atom is -0.368 e. The Hall–Kier alpha value is -2.41. The second-order valence-corrected chi connectivity index (χ2v) is 6.18. The average Bonchev–Trinajstić information content (AvgIpc) is 2.63. The summed E-state index contributed by atoms with van der Waals surface area (Å²) in [6.45, 7) is 5.52. The van der Waals surface area contributed by atoms with E-state index >= 15 is 0 Å². The van der Waals surface area contributed by atoms with Gasteiger partial charge < -0.3 is 20.0 Å². The van der Waals surface area contributed by atoms with Crippen LogP contribution in [0.1, 0.15) is 0 Å². The van der Waals surface area contributed by atoms with E-state index in [-0.39, 0.29) is 0 Å². The third kappa shape index (κ3) is 4.32. The summed E-state index contributed by atoms with van der Waals surface area (Å²) in [5.41, 5.74) is 1.27. The molecule has 128 valence electrons. The van der Waals surface area contributed by atoms with Crippen LogP contribution in [-0.4, -0.2) is 73.4 Å². The highest BCUT2D eigenvalue weighted by Crippen LogP contribution is 2.18. The molecule has 2 heterocycles. The summed E-state index contributed by atoms with van der Waals surface area (Å²) in [5.74, 6) is 1.49. The number of aromatic nitrogens is 3. The molecule has 0 radical (unpaired) electrons. The molecular formula is C17H25N7. The van der Waals surface area contributed by atoms with Gasteiger partial charge in [-0.25, -0.2) is 0 Å². The van der Waals surface area contributed by atoms with Gasteiger partial charge in [-0.15, -0.1) is 5.10 Å². The number of hydrogen-bond donors (Lipinski definition) is 1. The second kappa shape index (κ2) is 7.92. The van der Waals surface area contributed by atoms with Crippen LogP contribution >= 0.6 is 0 Å². The number of para-hydroxylation sites is 1. The highest BCUT2D eigenvalue weighted by molar-refractivity contribution is 5.48. The van der Waals surface area contributed by atoms with E-state index in [1.54, 1.807) is 6.20 Å². The van der Waals surface area contributed by atoms with Gasteiger partial charge in [-0.05, 0) is 26.2 Å². The fraction of sp³-hybridized carbons (Fsp3) is 0.471. The van der Waals surface area contributed by atoms with Crippen molar-refractivity contribution in [2.45, 2.75) is 0 Å². The van der Waals surface area contributed by atoms with Crippen molar-refractivity contribution in [2.24, 2.45) is 0 Å². The van der Waals surface area contributed by atoms with Crippen LogP contribution in [0, 0.1) is 0 Å². The van der Waals surface area contributed by atoms with Gasteiger partial charge in [0, 0.05) is 45.0 Å². The summed E-state index contributed by atoms with van der Waals surface area (Å²) in [6.07, 6.45) is 1.68. The van der Waals surface area contributed by atoms with Crippen molar-refractivity contribution in [3.8, 4) is 0 Å². The minimum atomic E-state index is 0.706. The molecule has 2 aromatic rings. The van der Waals surface area contributed by atoms with E-state index in [2.05, 4.69) is 73.6 Å². The third-order valence-corrected chi connectivity index (χ3v) is 4.10. The Labute approximate surface area is 143 Å². The molecule has 0 aliphatic carbocycles. The van der Waals surface area contributed by atoms with E-state index in [1.165, 1.54) is 5.69 Å². The Bertz CT molecular complexity index is 624. The fourth-order valence-corrected chi connectivity index (χ4v) is 2.72. The highest BCUT2D eigenvalue weighted by atomic mass is 15.4. The van der Waals surface area contributed by atoms with E-state index in [1.807, 2.05) is 6.07 Å². The van der Waals surface area contributed by atoms with Gasteiger partial charge in [-0.1, -0.05) is 18.2 Å². The zero-order valence-electron chi connectivity index (χ0n) is 14.4. The molecule has 0 saturated carbocycles. The van der Waals surface area contributed by atoms with Gasteiger partial charge in [0.05, 0.1) is 6.20 Å². The molecule has 3 rings (SSSR count). The number of nitrogens with one attached hydrogen (secondary N) is 1. The Balaban J connectivity index is 1.56. The number of rotatable bonds is 6. The normalized spacial score (nSPS) is 15.0.